The predicted octanol–water partition coefficient (Wildman–Crippen LogP) is 2.76. The highest BCUT2D eigenvalue weighted by Crippen LogP contribution is 2.33. The Kier molecular flexibility index (Phi) is 6.04. The van der Waals surface area contributed by atoms with Gasteiger partial charge < -0.3 is 19.5 Å². The normalized spacial score (nSPS) is 23.8. The highest BCUT2D eigenvalue weighted by molar-refractivity contribution is 6.31. The van der Waals surface area contributed by atoms with E-state index in [1.807, 2.05) is 6.92 Å². The number of hydrogen-bond donors (Lipinski definition) is 1. The van der Waals surface area contributed by atoms with Crippen LogP contribution in [0.5, 0.6) is 5.75 Å². The summed E-state index contributed by atoms with van der Waals surface area (Å²) in [6.07, 6.45) is 1.87. The number of benzene rings is 1. The molecular weight excluding hydrogens is 358 g/mol. The second-order valence-electron chi connectivity index (χ2n) is 6.94. The largest absolute Gasteiger partial charge is 0.483 e. The molecule has 26 heavy (non-hydrogen) atoms. The zero-order valence-electron chi connectivity index (χ0n) is 14.8. The molecule has 2 saturated heterocycles. The van der Waals surface area contributed by atoms with Gasteiger partial charge in [-0.1, -0.05) is 17.7 Å². The monoisotopic (exact) mass is 381 g/mol. The number of nitrogens with zero attached hydrogens (tertiary/aromatic N) is 1. The van der Waals surface area contributed by atoms with Crippen LogP contribution in [0.25, 0.3) is 0 Å². The van der Waals surface area contributed by atoms with Gasteiger partial charge in [0.25, 0.3) is 5.91 Å². The Balaban J connectivity index is 1.49. The van der Waals surface area contributed by atoms with E-state index in [9.17, 15) is 14.7 Å². The van der Waals surface area contributed by atoms with Crippen molar-refractivity contribution in [3.63, 3.8) is 0 Å². The van der Waals surface area contributed by atoms with Crippen LogP contribution < -0.4 is 4.74 Å². The third kappa shape index (κ3) is 4.13. The summed E-state index contributed by atoms with van der Waals surface area (Å²) in [5, 5.41) is 9.92. The van der Waals surface area contributed by atoms with Crippen molar-refractivity contribution in [1.29, 1.82) is 0 Å². The highest BCUT2D eigenvalue weighted by atomic mass is 35.5. The first-order valence-electron chi connectivity index (χ1n) is 8.97. The average molecular weight is 382 g/mol. The number of amides is 1. The number of halogens is 1. The number of carbonyl (C=O) groups is 2. The summed E-state index contributed by atoms with van der Waals surface area (Å²) in [7, 11) is 0. The van der Waals surface area contributed by atoms with Crippen molar-refractivity contribution in [3.05, 3.63) is 28.8 Å². The van der Waals surface area contributed by atoms with Crippen molar-refractivity contribution in [1.82, 2.24) is 4.90 Å². The highest BCUT2D eigenvalue weighted by Gasteiger charge is 2.40. The Morgan fingerprint density at radius 3 is 2.73 bits per heavy atom. The Morgan fingerprint density at radius 2 is 2.04 bits per heavy atom. The summed E-state index contributed by atoms with van der Waals surface area (Å²) in [5.74, 6) is -0.458. The molecule has 0 aliphatic carbocycles. The van der Waals surface area contributed by atoms with Crippen molar-refractivity contribution in [3.8, 4) is 5.75 Å². The van der Waals surface area contributed by atoms with Crippen molar-refractivity contribution in [2.45, 2.75) is 32.3 Å². The van der Waals surface area contributed by atoms with Crippen LogP contribution >= 0.6 is 11.6 Å². The van der Waals surface area contributed by atoms with E-state index in [2.05, 4.69) is 0 Å². The van der Waals surface area contributed by atoms with Crippen LogP contribution in [0, 0.1) is 18.8 Å². The number of piperidine rings is 1. The van der Waals surface area contributed by atoms with Gasteiger partial charge in [-0.05, 0) is 44.2 Å². The molecule has 2 aliphatic rings. The minimum atomic E-state index is -0.781. The number of ether oxygens (including phenoxy) is 2. The van der Waals surface area contributed by atoms with Crippen LogP contribution in [0.4, 0.5) is 0 Å². The molecule has 1 amide bonds. The van der Waals surface area contributed by atoms with Gasteiger partial charge in [-0.2, -0.15) is 0 Å². The number of hydrogen-bond acceptors (Lipinski definition) is 4. The van der Waals surface area contributed by atoms with Crippen LogP contribution in [0.3, 0.4) is 0 Å². The molecule has 142 valence electrons. The second-order valence-corrected chi connectivity index (χ2v) is 7.35. The summed E-state index contributed by atoms with van der Waals surface area (Å²) < 4.78 is 11.3. The molecule has 2 fully saturated rings. The lowest BCUT2D eigenvalue weighted by Gasteiger charge is -2.35. The van der Waals surface area contributed by atoms with E-state index in [0.717, 1.165) is 18.4 Å². The summed E-state index contributed by atoms with van der Waals surface area (Å²) in [5.41, 5.74) is 0.818. The molecule has 6 nitrogen and oxygen atoms in total. The third-order valence-corrected chi connectivity index (χ3v) is 5.79. The van der Waals surface area contributed by atoms with Crippen LogP contribution in [-0.4, -0.2) is 54.3 Å². The van der Waals surface area contributed by atoms with Crippen molar-refractivity contribution >= 4 is 23.5 Å². The van der Waals surface area contributed by atoms with Crippen LogP contribution in [-0.2, 0) is 14.3 Å². The van der Waals surface area contributed by atoms with E-state index >= 15 is 0 Å². The Hall–Kier alpha value is -1.79. The molecule has 2 heterocycles. The van der Waals surface area contributed by atoms with Gasteiger partial charge >= 0.3 is 5.97 Å². The number of likely N-dealkylation sites (tertiary alicyclic amines) is 1. The molecule has 3 rings (SSSR count). The Morgan fingerprint density at radius 1 is 1.31 bits per heavy atom. The lowest BCUT2D eigenvalue weighted by molar-refractivity contribution is -0.146. The fourth-order valence-electron chi connectivity index (χ4n) is 3.79. The number of rotatable bonds is 5. The lowest BCUT2D eigenvalue weighted by Crippen LogP contribution is -2.44. The number of carbonyl (C=O) groups excluding carboxylic acids is 1. The molecule has 1 unspecified atom stereocenters. The lowest BCUT2D eigenvalue weighted by atomic mass is 9.84. The average Bonchev–Trinajstić information content (AvgIpc) is 3.13. The maximum absolute atomic E-state index is 12.4. The standard InChI is InChI=1S/C19H24ClNO5/c1-12-15(20)3-2-4-16(12)26-11-17(22)21-8-5-13(6-9-21)18-14(19(23)24)7-10-25-18/h2-4,13-14,18H,5-11H2,1H3,(H,23,24)/t14?,18-/m0/s1. The van der Waals surface area contributed by atoms with Crippen molar-refractivity contribution < 1.29 is 24.2 Å². The second kappa shape index (κ2) is 8.27. The van der Waals surface area contributed by atoms with Gasteiger partial charge in [-0.3, -0.25) is 9.59 Å². The smallest absolute Gasteiger partial charge is 0.309 e. The first-order chi connectivity index (χ1) is 12.5. The summed E-state index contributed by atoms with van der Waals surface area (Å²) >= 11 is 6.06. The minimum Gasteiger partial charge on any atom is -0.483 e. The van der Waals surface area contributed by atoms with Gasteiger partial charge in [0.15, 0.2) is 6.61 Å². The molecule has 2 atom stereocenters. The number of carboxylic acid groups (broad SMARTS) is 1. The van der Waals surface area contributed by atoms with Crippen molar-refractivity contribution in [2.75, 3.05) is 26.3 Å². The maximum atomic E-state index is 12.4. The van der Waals surface area contributed by atoms with Crippen molar-refractivity contribution in [2.24, 2.45) is 11.8 Å². The topological polar surface area (TPSA) is 76.1 Å². The van der Waals surface area contributed by atoms with Gasteiger partial charge in [0, 0.05) is 30.3 Å². The van der Waals surface area contributed by atoms with Gasteiger partial charge in [0.1, 0.15) is 5.75 Å². The molecule has 1 aromatic carbocycles. The molecule has 7 heteroatoms. The Bertz CT molecular complexity index is 672. The van der Waals surface area contributed by atoms with E-state index in [4.69, 9.17) is 21.1 Å². The van der Waals surface area contributed by atoms with Gasteiger partial charge in [0.05, 0.1) is 12.0 Å². The molecule has 2 aliphatic heterocycles. The van der Waals surface area contributed by atoms with E-state index in [0.29, 0.717) is 36.9 Å². The molecule has 1 N–H and O–H groups in total. The van der Waals surface area contributed by atoms with E-state index in [1.165, 1.54) is 0 Å². The summed E-state index contributed by atoms with van der Waals surface area (Å²) in [4.78, 5) is 25.5. The number of aliphatic carboxylic acids is 1. The summed E-state index contributed by atoms with van der Waals surface area (Å²) in [6.45, 7) is 3.55. The number of carboxylic acids is 1. The van der Waals surface area contributed by atoms with Crippen LogP contribution in [0.1, 0.15) is 24.8 Å². The predicted molar refractivity (Wildman–Crippen MR) is 96.5 cm³/mol. The van der Waals surface area contributed by atoms with Gasteiger partial charge in [0.2, 0.25) is 0 Å². The first kappa shape index (κ1) is 19.0. The fourth-order valence-corrected chi connectivity index (χ4v) is 3.96. The molecular formula is C19H24ClNO5. The molecule has 0 radical (unpaired) electrons. The summed E-state index contributed by atoms with van der Waals surface area (Å²) in [6, 6.07) is 5.37. The Labute approximate surface area is 158 Å². The van der Waals surface area contributed by atoms with Gasteiger partial charge in [-0.25, -0.2) is 0 Å². The zero-order chi connectivity index (χ0) is 18.7. The van der Waals surface area contributed by atoms with E-state index in [1.54, 1.807) is 23.1 Å². The zero-order valence-corrected chi connectivity index (χ0v) is 15.6. The quantitative estimate of drug-likeness (QED) is 0.848. The van der Waals surface area contributed by atoms with E-state index < -0.39 is 11.9 Å². The minimum absolute atomic E-state index is 0.0243. The molecule has 0 bridgehead atoms. The van der Waals surface area contributed by atoms with Crippen LogP contribution in [0.15, 0.2) is 18.2 Å². The third-order valence-electron chi connectivity index (χ3n) is 5.38. The maximum Gasteiger partial charge on any atom is 0.309 e. The van der Waals surface area contributed by atoms with E-state index in [-0.39, 0.29) is 24.5 Å². The molecule has 0 aromatic heterocycles. The molecule has 0 spiro atoms. The fraction of sp³-hybridized carbons (Fsp3) is 0.579. The molecule has 1 aromatic rings. The SMILES string of the molecule is Cc1c(Cl)cccc1OCC(=O)N1CCC([C@@H]2OCCC2C(=O)O)CC1. The first-order valence-corrected chi connectivity index (χ1v) is 9.35. The van der Waals surface area contributed by atoms with Crippen LogP contribution in [0.2, 0.25) is 5.02 Å². The van der Waals surface area contributed by atoms with Gasteiger partial charge in [-0.15, -0.1) is 0 Å². The molecule has 0 saturated carbocycles.